The lowest BCUT2D eigenvalue weighted by Crippen LogP contribution is -2.40. The van der Waals surface area contributed by atoms with Crippen LogP contribution in [0.25, 0.3) is 0 Å². The first-order valence-corrected chi connectivity index (χ1v) is 7.94. The maximum atomic E-state index is 12.1. The molecule has 1 aliphatic heterocycles. The number of benzene rings is 1. The second-order valence-corrected chi connectivity index (χ2v) is 6.29. The zero-order valence-corrected chi connectivity index (χ0v) is 13.2. The van der Waals surface area contributed by atoms with Gasteiger partial charge in [0.05, 0.1) is 6.54 Å². The van der Waals surface area contributed by atoms with Crippen molar-refractivity contribution in [1.29, 1.82) is 0 Å². The van der Waals surface area contributed by atoms with Crippen LogP contribution >= 0.6 is 15.9 Å². The summed E-state index contributed by atoms with van der Waals surface area (Å²) in [6.45, 7) is 3.20. The van der Waals surface area contributed by atoms with Gasteiger partial charge in [-0.25, -0.2) is 0 Å². The summed E-state index contributed by atoms with van der Waals surface area (Å²) in [7, 11) is 0. The van der Waals surface area contributed by atoms with Crippen LogP contribution in [-0.4, -0.2) is 37.0 Å². The summed E-state index contributed by atoms with van der Waals surface area (Å²) in [5, 5.41) is 2.94. The van der Waals surface area contributed by atoms with Crippen molar-refractivity contribution in [3.63, 3.8) is 0 Å². The number of hydrogen-bond acceptors (Lipinski definition) is 3. The van der Waals surface area contributed by atoms with Crippen molar-refractivity contribution < 1.29 is 4.79 Å². The van der Waals surface area contributed by atoms with E-state index in [0.29, 0.717) is 12.5 Å². The standard InChI is InChI=1S/C15H22BrN3O/c16-13-4-1-5-14(9-13)18-15(20)11-19-8-2-3-12(10-19)6-7-17/h1,4-5,9,12H,2-3,6-8,10-11,17H2,(H,18,20). The molecule has 1 unspecified atom stereocenters. The van der Waals surface area contributed by atoms with Crippen LogP contribution in [-0.2, 0) is 4.79 Å². The van der Waals surface area contributed by atoms with E-state index in [1.807, 2.05) is 24.3 Å². The summed E-state index contributed by atoms with van der Waals surface area (Å²) >= 11 is 3.40. The molecule has 0 aromatic heterocycles. The van der Waals surface area contributed by atoms with E-state index < -0.39 is 0 Å². The SMILES string of the molecule is NCCC1CCCN(CC(=O)Nc2cccc(Br)c2)C1. The van der Waals surface area contributed by atoms with Gasteiger partial charge < -0.3 is 11.1 Å². The molecule has 2 rings (SSSR count). The van der Waals surface area contributed by atoms with Crippen LogP contribution in [0.1, 0.15) is 19.3 Å². The topological polar surface area (TPSA) is 58.4 Å². The first-order valence-electron chi connectivity index (χ1n) is 7.15. The summed E-state index contributed by atoms with van der Waals surface area (Å²) in [5.74, 6) is 0.698. The number of hydrogen-bond donors (Lipinski definition) is 2. The molecule has 0 spiro atoms. The van der Waals surface area contributed by atoms with Crippen LogP contribution in [0.2, 0.25) is 0 Å². The normalized spacial score (nSPS) is 19.8. The highest BCUT2D eigenvalue weighted by atomic mass is 79.9. The van der Waals surface area contributed by atoms with Crippen molar-refractivity contribution in [2.24, 2.45) is 11.7 Å². The van der Waals surface area contributed by atoms with Gasteiger partial charge in [-0.2, -0.15) is 0 Å². The zero-order valence-electron chi connectivity index (χ0n) is 11.6. The number of likely N-dealkylation sites (tertiary alicyclic amines) is 1. The first kappa shape index (κ1) is 15.5. The summed E-state index contributed by atoms with van der Waals surface area (Å²) < 4.78 is 0.969. The van der Waals surface area contributed by atoms with Gasteiger partial charge in [-0.1, -0.05) is 22.0 Å². The molecule has 1 atom stereocenters. The molecule has 1 amide bonds. The van der Waals surface area contributed by atoms with E-state index in [9.17, 15) is 4.79 Å². The highest BCUT2D eigenvalue weighted by molar-refractivity contribution is 9.10. The quantitative estimate of drug-likeness (QED) is 0.866. The van der Waals surface area contributed by atoms with Crippen molar-refractivity contribution >= 4 is 27.5 Å². The van der Waals surface area contributed by atoms with Gasteiger partial charge in [0.15, 0.2) is 0 Å². The Hall–Kier alpha value is -0.910. The maximum absolute atomic E-state index is 12.1. The zero-order chi connectivity index (χ0) is 14.4. The Kier molecular flexibility index (Phi) is 6.01. The van der Waals surface area contributed by atoms with Gasteiger partial charge in [0.25, 0.3) is 0 Å². The average Bonchev–Trinajstić information content (AvgIpc) is 2.39. The molecule has 4 nitrogen and oxygen atoms in total. The molecule has 0 bridgehead atoms. The maximum Gasteiger partial charge on any atom is 0.238 e. The van der Waals surface area contributed by atoms with E-state index in [1.54, 1.807) is 0 Å². The number of nitrogens with two attached hydrogens (primary N) is 1. The van der Waals surface area contributed by atoms with Gasteiger partial charge in [0.1, 0.15) is 0 Å². The van der Waals surface area contributed by atoms with Crippen LogP contribution in [0.5, 0.6) is 0 Å². The third-order valence-corrected chi connectivity index (χ3v) is 4.15. The second-order valence-electron chi connectivity index (χ2n) is 5.38. The summed E-state index contributed by atoms with van der Waals surface area (Å²) in [4.78, 5) is 14.3. The number of rotatable bonds is 5. The minimum atomic E-state index is 0.0523. The number of carbonyl (C=O) groups is 1. The van der Waals surface area contributed by atoms with Crippen molar-refractivity contribution in [3.8, 4) is 0 Å². The van der Waals surface area contributed by atoms with Crippen LogP contribution < -0.4 is 11.1 Å². The molecule has 3 N–H and O–H groups in total. The van der Waals surface area contributed by atoms with Crippen LogP contribution in [0.4, 0.5) is 5.69 Å². The predicted molar refractivity (Wildman–Crippen MR) is 85.6 cm³/mol. The molecular weight excluding hydrogens is 318 g/mol. The molecule has 110 valence electrons. The van der Waals surface area contributed by atoms with Crippen molar-refractivity contribution in [2.45, 2.75) is 19.3 Å². The van der Waals surface area contributed by atoms with E-state index in [4.69, 9.17) is 5.73 Å². The third kappa shape index (κ3) is 4.89. The van der Waals surface area contributed by atoms with E-state index in [1.165, 1.54) is 6.42 Å². The summed E-state index contributed by atoms with van der Waals surface area (Å²) in [6, 6.07) is 7.66. The summed E-state index contributed by atoms with van der Waals surface area (Å²) in [5.41, 5.74) is 6.45. The lowest BCUT2D eigenvalue weighted by molar-refractivity contribution is -0.117. The smallest absolute Gasteiger partial charge is 0.238 e. The Morgan fingerprint density at radius 1 is 1.50 bits per heavy atom. The van der Waals surface area contributed by atoms with Gasteiger partial charge in [0.2, 0.25) is 5.91 Å². The predicted octanol–water partition coefficient (Wildman–Crippen LogP) is 2.45. The minimum absolute atomic E-state index is 0.0523. The molecule has 1 saturated heterocycles. The highest BCUT2D eigenvalue weighted by Gasteiger charge is 2.20. The molecule has 5 heteroatoms. The average molecular weight is 340 g/mol. The van der Waals surface area contributed by atoms with Crippen LogP contribution in [0.15, 0.2) is 28.7 Å². The van der Waals surface area contributed by atoms with Gasteiger partial charge in [-0.05, 0) is 56.5 Å². The highest BCUT2D eigenvalue weighted by Crippen LogP contribution is 2.19. The second kappa shape index (κ2) is 7.76. The van der Waals surface area contributed by atoms with Gasteiger partial charge in [-0.3, -0.25) is 9.69 Å². The van der Waals surface area contributed by atoms with Crippen LogP contribution in [0.3, 0.4) is 0 Å². The fourth-order valence-electron chi connectivity index (χ4n) is 2.74. The van der Waals surface area contributed by atoms with Gasteiger partial charge in [0, 0.05) is 16.7 Å². The Morgan fingerprint density at radius 2 is 2.35 bits per heavy atom. The van der Waals surface area contributed by atoms with E-state index in [2.05, 4.69) is 26.1 Å². The molecule has 1 fully saturated rings. The lowest BCUT2D eigenvalue weighted by atomic mass is 9.95. The van der Waals surface area contributed by atoms with E-state index in [0.717, 1.165) is 42.6 Å². The number of nitrogens with one attached hydrogen (secondary N) is 1. The molecule has 0 saturated carbocycles. The molecule has 1 aromatic carbocycles. The Bertz CT molecular complexity index is 450. The fraction of sp³-hybridized carbons (Fsp3) is 0.533. The number of amides is 1. The minimum Gasteiger partial charge on any atom is -0.330 e. The Morgan fingerprint density at radius 3 is 3.10 bits per heavy atom. The van der Waals surface area contributed by atoms with E-state index in [-0.39, 0.29) is 5.91 Å². The fourth-order valence-corrected chi connectivity index (χ4v) is 3.14. The molecular formula is C15H22BrN3O. The molecule has 1 aliphatic rings. The number of halogens is 1. The van der Waals surface area contributed by atoms with E-state index >= 15 is 0 Å². The lowest BCUT2D eigenvalue weighted by Gasteiger charge is -2.32. The molecule has 0 aliphatic carbocycles. The number of piperidine rings is 1. The molecule has 1 aromatic rings. The number of anilines is 1. The largest absolute Gasteiger partial charge is 0.330 e. The Labute approximate surface area is 128 Å². The molecule has 1 heterocycles. The van der Waals surface area contributed by atoms with Gasteiger partial charge >= 0.3 is 0 Å². The third-order valence-electron chi connectivity index (χ3n) is 3.65. The van der Waals surface area contributed by atoms with Crippen molar-refractivity contribution in [1.82, 2.24) is 4.90 Å². The van der Waals surface area contributed by atoms with Crippen molar-refractivity contribution in [2.75, 3.05) is 31.5 Å². The molecule has 20 heavy (non-hydrogen) atoms. The van der Waals surface area contributed by atoms with Crippen LogP contribution in [0, 0.1) is 5.92 Å². The molecule has 0 radical (unpaired) electrons. The van der Waals surface area contributed by atoms with Gasteiger partial charge in [-0.15, -0.1) is 0 Å². The monoisotopic (exact) mass is 339 g/mol. The number of nitrogens with zero attached hydrogens (tertiary/aromatic N) is 1. The van der Waals surface area contributed by atoms with Crippen molar-refractivity contribution in [3.05, 3.63) is 28.7 Å². The number of carbonyl (C=O) groups excluding carboxylic acids is 1. The Balaban J connectivity index is 1.82. The summed E-state index contributed by atoms with van der Waals surface area (Å²) in [6.07, 6.45) is 3.46. The first-order chi connectivity index (χ1) is 9.67.